The third kappa shape index (κ3) is 2.21. The van der Waals surface area contributed by atoms with Crippen LogP contribution in [-0.4, -0.2) is 0 Å². The smallest absolute Gasteiger partial charge is 0.0295 e. The maximum absolute atomic E-state index is 2.55. The van der Waals surface area contributed by atoms with E-state index in [0.29, 0.717) is 5.41 Å². The Labute approximate surface area is 71.4 Å². The summed E-state index contributed by atoms with van der Waals surface area (Å²) in [7, 11) is 0. The van der Waals surface area contributed by atoms with Crippen LogP contribution in [0.25, 0.3) is 0 Å². The molecule has 0 aromatic rings. The van der Waals surface area contributed by atoms with Crippen LogP contribution in [0.4, 0.5) is 0 Å². The second kappa shape index (κ2) is 3.16. The van der Waals surface area contributed by atoms with Crippen molar-refractivity contribution in [2.75, 3.05) is 0 Å². The second-order valence-corrected chi connectivity index (χ2v) is 4.80. The largest absolute Gasteiger partial charge is 0.0622 e. The zero-order valence-corrected chi connectivity index (χ0v) is 8.35. The lowest BCUT2D eigenvalue weighted by atomic mass is 9.75. The van der Waals surface area contributed by atoms with Crippen molar-refractivity contribution < 1.29 is 0 Å². The molecule has 0 heterocycles. The molecule has 2 unspecified atom stereocenters. The summed E-state index contributed by atoms with van der Waals surface area (Å²) < 4.78 is 0. The van der Waals surface area contributed by atoms with Gasteiger partial charge in [-0.05, 0) is 23.7 Å². The molecule has 0 N–H and O–H groups in total. The normalized spacial score (nSPS) is 38.2. The van der Waals surface area contributed by atoms with Crippen molar-refractivity contribution in [2.45, 2.75) is 47.0 Å². The summed E-state index contributed by atoms with van der Waals surface area (Å²) in [6, 6.07) is 0. The molecule has 1 rings (SSSR count). The Morgan fingerprint density at radius 2 is 1.82 bits per heavy atom. The Morgan fingerprint density at radius 1 is 1.18 bits per heavy atom. The van der Waals surface area contributed by atoms with Gasteiger partial charge in [0, 0.05) is 0 Å². The van der Waals surface area contributed by atoms with E-state index in [0.717, 1.165) is 11.8 Å². The summed E-state index contributed by atoms with van der Waals surface area (Å²) in [5, 5.41) is 0. The van der Waals surface area contributed by atoms with Gasteiger partial charge in [-0.15, -0.1) is 0 Å². The molecule has 65 valence electrons. The Balaban J connectivity index is 2.60. The summed E-state index contributed by atoms with van der Waals surface area (Å²) in [6.07, 6.45) is 6.77. The van der Waals surface area contributed by atoms with Gasteiger partial charge in [-0.2, -0.15) is 0 Å². The maximum Gasteiger partial charge on any atom is -0.0295 e. The first-order valence-electron chi connectivity index (χ1n) is 4.88. The molecule has 0 bridgehead atoms. The standard InChI is InChI=1S/C11H21/c1-9-6-5-7-10(2)11(3,4)8-9/h8-10H,5-7H2,1-4H3. The fourth-order valence-corrected chi connectivity index (χ4v) is 2.10. The molecule has 11 heavy (non-hydrogen) atoms. The molecule has 0 aromatic carbocycles. The maximum atomic E-state index is 2.55. The molecule has 1 aliphatic rings. The van der Waals surface area contributed by atoms with Crippen LogP contribution in [0.2, 0.25) is 0 Å². The Hall–Kier alpha value is 0. The summed E-state index contributed by atoms with van der Waals surface area (Å²) >= 11 is 0. The average Bonchev–Trinajstić information content (AvgIpc) is 1.93. The van der Waals surface area contributed by atoms with Gasteiger partial charge in [0.2, 0.25) is 0 Å². The van der Waals surface area contributed by atoms with Crippen LogP contribution in [0, 0.1) is 23.7 Å². The molecule has 1 saturated carbocycles. The van der Waals surface area contributed by atoms with Crippen molar-refractivity contribution in [2.24, 2.45) is 17.3 Å². The minimum absolute atomic E-state index is 0.468. The second-order valence-electron chi connectivity index (χ2n) is 4.80. The number of hydrogen-bond acceptors (Lipinski definition) is 0. The van der Waals surface area contributed by atoms with Gasteiger partial charge in [0.05, 0.1) is 0 Å². The molecule has 1 radical (unpaired) electrons. The van der Waals surface area contributed by atoms with E-state index in [1.54, 1.807) is 0 Å². The third-order valence-corrected chi connectivity index (χ3v) is 3.28. The molecule has 0 amide bonds. The number of rotatable bonds is 0. The van der Waals surface area contributed by atoms with E-state index in [4.69, 9.17) is 0 Å². The van der Waals surface area contributed by atoms with Gasteiger partial charge < -0.3 is 0 Å². The summed E-state index contributed by atoms with van der Waals surface area (Å²) in [5.74, 6) is 1.70. The highest BCUT2D eigenvalue weighted by Gasteiger charge is 2.30. The minimum Gasteiger partial charge on any atom is -0.0622 e. The molecule has 0 heteroatoms. The third-order valence-electron chi connectivity index (χ3n) is 3.28. The van der Waals surface area contributed by atoms with Crippen molar-refractivity contribution in [3.05, 3.63) is 6.42 Å². The molecule has 0 spiro atoms. The predicted molar refractivity (Wildman–Crippen MR) is 50.3 cm³/mol. The van der Waals surface area contributed by atoms with E-state index < -0.39 is 0 Å². The van der Waals surface area contributed by atoms with Crippen LogP contribution in [0.5, 0.6) is 0 Å². The van der Waals surface area contributed by atoms with Crippen LogP contribution in [0.15, 0.2) is 0 Å². The SMILES string of the molecule is CC1[CH]C(C)(C)C(C)CCC1. The molecule has 0 aromatic heterocycles. The van der Waals surface area contributed by atoms with Crippen LogP contribution in [0.3, 0.4) is 0 Å². The lowest BCUT2D eigenvalue weighted by Crippen LogP contribution is -2.22. The van der Waals surface area contributed by atoms with Crippen molar-refractivity contribution in [1.82, 2.24) is 0 Å². The van der Waals surface area contributed by atoms with Crippen LogP contribution in [0.1, 0.15) is 47.0 Å². The highest BCUT2D eigenvalue weighted by molar-refractivity contribution is 4.94. The molecule has 0 saturated heterocycles. The molecule has 2 atom stereocenters. The molecular weight excluding hydrogens is 132 g/mol. The first-order chi connectivity index (χ1) is 5.02. The van der Waals surface area contributed by atoms with E-state index >= 15 is 0 Å². The topological polar surface area (TPSA) is 0 Å². The quantitative estimate of drug-likeness (QED) is 0.466. The summed E-state index contributed by atoms with van der Waals surface area (Å²) in [5.41, 5.74) is 0.468. The van der Waals surface area contributed by atoms with Crippen LogP contribution < -0.4 is 0 Å². The van der Waals surface area contributed by atoms with Gasteiger partial charge >= 0.3 is 0 Å². The monoisotopic (exact) mass is 153 g/mol. The zero-order valence-electron chi connectivity index (χ0n) is 8.35. The highest BCUT2D eigenvalue weighted by Crippen LogP contribution is 2.40. The van der Waals surface area contributed by atoms with E-state index in [1.165, 1.54) is 19.3 Å². The van der Waals surface area contributed by atoms with Gasteiger partial charge in [-0.1, -0.05) is 47.0 Å². The minimum atomic E-state index is 0.468. The van der Waals surface area contributed by atoms with E-state index in [-0.39, 0.29) is 0 Å². The van der Waals surface area contributed by atoms with Gasteiger partial charge in [-0.25, -0.2) is 0 Å². The predicted octanol–water partition coefficient (Wildman–Crippen LogP) is 3.67. The van der Waals surface area contributed by atoms with Gasteiger partial charge in [0.25, 0.3) is 0 Å². The summed E-state index contributed by atoms with van der Waals surface area (Å²) in [6.45, 7) is 9.48. The van der Waals surface area contributed by atoms with Crippen molar-refractivity contribution in [3.8, 4) is 0 Å². The Kier molecular flexibility index (Phi) is 2.61. The first kappa shape index (κ1) is 9.09. The van der Waals surface area contributed by atoms with Gasteiger partial charge in [0.1, 0.15) is 0 Å². The van der Waals surface area contributed by atoms with Crippen molar-refractivity contribution in [3.63, 3.8) is 0 Å². The van der Waals surface area contributed by atoms with E-state index in [9.17, 15) is 0 Å². The lowest BCUT2D eigenvalue weighted by Gasteiger charge is -2.30. The van der Waals surface area contributed by atoms with Gasteiger partial charge in [-0.3, -0.25) is 0 Å². The first-order valence-corrected chi connectivity index (χ1v) is 4.88. The molecule has 0 nitrogen and oxygen atoms in total. The molecule has 1 fully saturated rings. The Morgan fingerprint density at radius 3 is 2.45 bits per heavy atom. The van der Waals surface area contributed by atoms with Gasteiger partial charge in [0.15, 0.2) is 0 Å². The fourth-order valence-electron chi connectivity index (χ4n) is 2.10. The van der Waals surface area contributed by atoms with Crippen molar-refractivity contribution >= 4 is 0 Å². The van der Waals surface area contributed by atoms with E-state index in [2.05, 4.69) is 34.1 Å². The average molecular weight is 153 g/mol. The highest BCUT2D eigenvalue weighted by atomic mass is 14.3. The van der Waals surface area contributed by atoms with E-state index in [1.807, 2.05) is 0 Å². The summed E-state index contributed by atoms with van der Waals surface area (Å²) in [4.78, 5) is 0. The lowest BCUT2D eigenvalue weighted by molar-refractivity contribution is 0.265. The Bertz CT molecular complexity index is 124. The van der Waals surface area contributed by atoms with Crippen molar-refractivity contribution in [1.29, 1.82) is 0 Å². The molecule has 0 aliphatic heterocycles. The molecule has 1 aliphatic carbocycles. The van der Waals surface area contributed by atoms with Crippen LogP contribution >= 0.6 is 0 Å². The number of hydrogen-bond donors (Lipinski definition) is 0. The zero-order chi connectivity index (χ0) is 8.48. The molecular formula is C11H21. The fraction of sp³-hybridized carbons (Fsp3) is 0.909. The van der Waals surface area contributed by atoms with Crippen LogP contribution in [-0.2, 0) is 0 Å².